The Morgan fingerprint density at radius 1 is 1.21 bits per heavy atom. The first-order valence-corrected chi connectivity index (χ1v) is 14.1. The third kappa shape index (κ3) is 3.88. The molecule has 2 aromatic carbocycles. The normalized spacial score (nSPS) is 33.2. The quantitative estimate of drug-likeness (QED) is 0.375. The van der Waals surface area contributed by atoms with E-state index >= 15 is 0 Å². The summed E-state index contributed by atoms with van der Waals surface area (Å²) in [5.74, 6) is 7.18. The summed E-state index contributed by atoms with van der Waals surface area (Å²) in [6.45, 7) is 3.28. The fourth-order valence-electron chi connectivity index (χ4n) is 8.06. The minimum absolute atomic E-state index is 0.139. The molecule has 1 amide bonds. The van der Waals surface area contributed by atoms with Crippen LogP contribution in [0.1, 0.15) is 49.3 Å². The van der Waals surface area contributed by atoms with Crippen LogP contribution in [0.5, 0.6) is 11.5 Å². The van der Waals surface area contributed by atoms with Crippen molar-refractivity contribution in [3.8, 4) is 23.3 Å². The largest absolute Gasteiger partial charge is 0.483 e. The highest BCUT2D eigenvalue weighted by molar-refractivity contribution is 5.94. The Balaban J connectivity index is 1.25. The molecule has 2 aromatic rings. The maximum absolute atomic E-state index is 13.3. The number of nitrogens with zero attached hydrogens (tertiary/aromatic N) is 2. The smallest absolute Gasteiger partial charge is 0.308 e. The topological polar surface area (TPSA) is 79.3 Å². The van der Waals surface area contributed by atoms with Gasteiger partial charge in [0.25, 0.3) is 5.91 Å². The molecule has 39 heavy (non-hydrogen) atoms. The highest BCUT2D eigenvalue weighted by atomic mass is 16.6. The van der Waals surface area contributed by atoms with Gasteiger partial charge in [-0.25, -0.2) is 0 Å². The van der Waals surface area contributed by atoms with Crippen molar-refractivity contribution in [1.29, 1.82) is 0 Å². The van der Waals surface area contributed by atoms with E-state index in [4.69, 9.17) is 9.47 Å². The van der Waals surface area contributed by atoms with Gasteiger partial charge in [0.15, 0.2) is 11.5 Å². The van der Waals surface area contributed by atoms with Crippen molar-refractivity contribution in [3.63, 3.8) is 0 Å². The lowest BCUT2D eigenvalue weighted by Gasteiger charge is -2.60. The van der Waals surface area contributed by atoms with Crippen molar-refractivity contribution in [2.24, 2.45) is 11.8 Å². The molecule has 5 aliphatic rings. The molecule has 2 unspecified atom stereocenters. The number of piperidine rings is 1. The van der Waals surface area contributed by atoms with E-state index in [9.17, 15) is 14.7 Å². The number of likely N-dealkylation sites (N-methyl/N-ethyl adjacent to an activating group) is 1. The number of esters is 1. The number of hydrogen-bond donors (Lipinski definition) is 1. The summed E-state index contributed by atoms with van der Waals surface area (Å²) in [6, 6.07) is 13.8. The molecule has 1 saturated heterocycles. The second kappa shape index (κ2) is 9.11. The Morgan fingerprint density at radius 2 is 2.00 bits per heavy atom. The number of hydrogen-bond acceptors (Lipinski definition) is 6. The summed E-state index contributed by atoms with van der Waals surface area (Å²) in [6.07, 6.45) is 4.16. The molecule has 2 bridgehead atoms. The SMILES string of the molecule is CC(=O)Oc1ccc2c3c1O[C@H]1[C@@H](N(C)C(=O)C#Cc4ccccc4)CC[C@H]4[C@@H](C2)N(CC2CC2O)CC[C@@]341. The standard InChI is InChI=1S/C32H34N2O5/c1-19(35)38-27-12-9-21-16-25-23-10-11-24(33(2)28(37)13-8-20-6-4-3-5-7-20)31-32(23,29(21)30(27)39-31)14-15-34(25)18-22-17-26(22)36/h3-7,9,12,22-26,31,36H,10-11,14-18H2,1-2H3/t22?,23-,24-,25+,26?,31-,32-/m0/s1. The van der Waals surface area contributed by atoms with Gasteiger partial charge < -0.3 is 19.5 Å². The van der Waals surface area contributed by atoms with Crippen LogP contribution in [-0.4, -0.2) is 71.2 Å². The number of ether oxygens (including phenoxy) is 2. The number of likely N-dealkylation sites (tertiary alicyclic amines) is 1. The maximum Gasteiger partial charge on any atom is 0.308 e. The number of aliphatic hydroxyl groups excluding tert-OH is 1. The zero-order chi connectivity index (χ0) is 26.9. The molecular formula is C32H34N2O5. The van der Waals surface area contributed by atoms with Gasteiger partial charge in [-0.1, -0.05) is 30.2 Å². The zero-order valence-electron chi connectivity index (χ0n) is 22.4. The van der Waals surface area contributed by atoms with E-state index in [0.29, 0.717) is 29.4 Å². The Kier molecular flexibility index (Phi) is 5.76. The average molecular weight is 527 g/mol. The van der Waals surface area contributed by atoms with Crippen LogP contribution in [0.25, 0.3) is 0 Å². The first-order chi connectivity index (χ1) is 18.9. The molecule has 202 valence electrons. The fraction of sp³-hybridized carbons (Fsp3) is 0.500. The van der Waals surface area contributed by atoms with E-state index in [1.807, 2.05) is 43.4 Å². The highest BCUT2D eigenvalue weighted by Gasteiger charge is 2.66. The molecule has 7 atom stereocenters. The van der Waals surface area contributed by atoms with Crippen molar-refractivity contribution >= 4 is 11.9 Å². The number of rotatable bonds is 4. The van der Waals surface area contributed by atoms with Gasteiger partial charge in [0, 0.05) is 54.9 Å². The lowest BCUT2D eigenvalue weighted by atomic mass is 9.51. The van der Waals surface area contributed by atoms with E-state index in [1.54, 1.807) is 4.90 Å². The van der Waals surface area contributed by atoms with Crippen molar-refractivity contribution in [2.75, 3.05) is 20.1 Å². The van der Waals surface area contributed by atoms with Crippen molar-refractivity contribution < 1.29 is 24.2 Å². The fourth-order valence-corrected chi connectivity index (χ4v) is 8.06. The number of carbonyl (C=O) groups excluding carboxylic acids is 2. The monoisotopic (exact) mass is 526 g/mol. The van der Waals surface area contributed by atoms with E-state index in [-0.39, 0.29) is 35.5 Å². The number of carbonyl (C=O) groups is 2. The van der Waals surface area contributed by atoms with Gasteiger partial charge in [-0.05, 0) is 68.3 Å². The summed E-state index contributed by atoms with van der Waals surface area (Å²) in [5.41, 5.74) is 3.01. The first kappa shape index (κ1) is 24.7. The van der Waals surface area contributed by atoms with E-state index in [0.717, 1.165) is 50.8 Å². The van der Waals surface area contributed by atoms with Crippen LogP contribution in [0.2, 0.25) is 0 Å². The van der Waals surface area contributed by atoms with Gasteiger partial charge in [0.05, 0.1) is 12.1 Å². The third-order valence-electron chi connectivity index (χ3n) is 9.90. The molecule has 7 heteroatoms. The molecular weight excluding hydrogens is 492 g/mol. The van der Waals surface area contributed by atoms with Gasteiger partial charge in [0.1, 0.15) is 6.10 Å². The number of benzene rings is 2. The average Bonchev–Trinajstić information content (AvgIpc) is 3.51. The van der Waals surface area contributed by atoms with Crippen LogP contribution >= 0.6 is 0 Å². The van der Waals surface area contributed by atoms with Crippen LogP contribution in [-0.2, 0) is 21.4 Å². The van der Waals surface area contributed by atoms with Crippen molar-refractivity contribution in [2.45, 2.75) is 68.7 Å². The van der Waals surface area contributed by atoms with E-state index in [1.165, 1.54) is 18.1 Å². The van der Waals surface area contributed by atoms with Crippen LogP contribution in [0, 0.1) is 23.7 Å². The third-order valence-corrected chi connectivity index (χ3v) is 9.90. The lowest BCUT2D eigenvalue weighted by Crippen LogP contribution is -2.69. The van der Waals surface area contributed by atoms with Crippen LogP contribution in [0.15, 0.2) is 42.5 Å². The molecule has 0 radical (unpaired) electrons. The molecule has 2 heterocycles. The lowest BCUT2D eigenvalue weighted by molar-refractivity contribution is -0.134. The summed E-state index contributed by atoms with van der Waals surface area (Å²) >= 11 is 0. The number of amides is 1. The minimum Gasteiger partial charge on any atom is -0.483 e. The zero-order valence-corrected chi connectivity index (χ0v) is 22.4. The predicted octanol–water partition coefficient (Wildman–Crippen LogP) is 2.91. The van der Waals surface area contributed by atoms with Gasteiger partial charge in [-0.2, -0.15) is 0 Å². The maximum atomic E-state index is 13.3. The predicted molar refractivity (Wildman–Crippen MR) is 144 cm³/mol. The van der Waals surface area contributed by atoms with Crippen LogP contribution in [0.3, 0.4) is 0 Å². The summed E-state index contributed by atoms with van der Waals surface area (Å²) in [5, 5.41) is 10.1. The molecule has 2 aliphatic heterocycles. The van der Waals surface area contributed by atoms with Gasteiger partial charge in [0.2, 0.25) is 0 Å². The Hall–Kier alpha value is -3.34. The Morgan fingerprint density at radius 3 is 2.74 bits per heavy atom. The molecule has 7 nitrogen and oxygen atoms in total. The molecule has 3 fully saturated rings. The van der Waals surface area contributed by atoms with Gasteiger partial charge in [-0.3, -0.25) is 14.5 Å². The minimum atomic E-state index is -0.370. The molecule has 3 aliphatic carbocycles. The van der Waals surface area contributed by atoms with E-state index in [2.05, 4.69) is 22.8 Å². The van der Waals surface area contributed by atoms with Crippen molar-refractivity contribution in [3.05, 3.63) is 59.2 Å². The number of aliphatic hydroxyl groups is 1. The summed E-state index contributed by atoms with van der Waals surface area (Å²) in [7, 11) is 1.84. The Labute approximate surface area is 229 Å². The molecule has 1 spiro atoms. The first-order valence-electron chi connectivity index (χ1n) is 14.1. The van der Waals surface area contributed by atoms with E-state index < -0.39 is 0 Å². The second-order valence-electron chi connectivity index (χ2n) is 12.0. The molecule has 1 N–H and O–H groups in total. The van der Waals surface area contributed by atoms with Crippen LogP contribution in [0.4, 0.5) is 0 Å². The molecule has 7 rings (SSSR count). The van der Waals surface area contributed by atoms with Gasteiger partial charge >= 0.3 is 5.97 Å². The van der Waals surface area contributed by atoms with Gasteiger partial charge in [-0.15, -0.1) is 0 Å². The van der Waals surface area contributed by atoms with Crippen LogP contribution < -0.4 is 9.47 Å². The molecule has 2 saturated carbocycles. The Bertz CT molecular complexity index is 1400. The summed E-state index contributed by atoms with van der Waals surface area (Å²) in [4.78, 5) is 29.7. The second-order valence-corrected chi connectivity index (χ2v) is 12.0. The van der Waals surface area contributed by atoms with Crippen molar-refractivity contribution in [1.82, 2.24) is 9.80 Å². The molecule has 0 aromatic heterocycles. The summed E-state index contributed by atoms with van der Waals surface area (Å²) < 4.78 is 12.5. The highest BCUT2D eigenvalue weighted by Crippen LogP contribution is 2.64.